The minimum absolute atomic E-state index is 0.0354. The van der Waals surface area contributed by atoms with E-state index in [-0.39, 0.29) is 17.6 Å². The molecule has 0 heterocycles. The van der Waals surface area contributed by atoms with E-state index in [1.54, 1.807) is 0 Å². The van der Waals surface area contributed by atoms with Crippen molar-refractivity contribution in [3.8, 4) is 0 Å². The Bertz CT molecular complexity index is 477. The highest BCUT2D eigenvalue weighted by molar-refractivity contribution is 5.32. The van der Waals surface area contributed by atoms with Gasteiger partial charge in [-0.1, -0.05) is 38.8 Å². The van der Waals surface area contributed by atoms with E-state index in [1.807, 2.05) is 6.92 Å². The number of hydrogen-bond acceptors (Lipinski definition) is 0. The topological polar surface area (TPSA) is 0 Å². The van der Waals surface area contributed by atoms with Crippen molar-refractivity contribution in [2.24, 2.45) is 5.92 Å². The maximum Gasteiger partial charge on any atom is 0.127 e. The van der Waals surface area contributed by atoms with E-state index < -0.39 is 0 Å². The Hall–Kier alpha value is -1.18. The highest BCUT2D eigenvalue weighted by Crippen LogP contribution is 2.34. The first-order chi connectivity index (χ1) is 9.65. The van der Waals surface area contributed by atoms with Gasteiger partial charge in [0.05, 0.1) is 0 Å². The molecular weight excluding hydrogens is 254 g/mol. The molecule has 0 bridgehead atoms. The highest BCUT2D eigenvalue weighted by atomic mass is 19.1. The zero-order valence-electron chi connectivity index (χ0n) is 12.5. The van der Waals surface area contributed by atoms with E-state index in [0.717, 1.165) is 19.3 Å². The van der Waals surface area contributed by atoms with Crippen molar-refractivity contribution in [2.75, 3.05) is 0 Å². The molecule has 2 unspecified atom stereocenters. The second kappa shape index (κ2) is 7.01. The van der Waals surface area contributed by atoms with Crippen LogP contribution in [-0.4, -0.2) is 0 Å². The van der Waals surface area contributed by atoms with Crippen LogP contribution < -0.4 is 0 Å². The number of benzene rings is 1. The van der Waals surface area contributed by atoms with Crippen LogP contribution in [0.4, 0.5) is 8.78 Å². The summed E-state index contributed by atoms with van der Waals surface area (Å²) in [5.74, 6) is 0.141. The molecule has 0 spiro atoms. The first kappa shape index (κ1) is 15.2. The second-order valence-electron chi connectivity index (χ2n) is 5.83. The largest absolute Gasteiger partial charge is 0.207 e. The van der Waals surface area contributed by atoms with Gasteiger partial charge in [0.1, 0.15) is 11.6 Å². The molecule has 1 aromatic rings. The Morgan fingerprint density at radius 3 is 2.40 bits per heavy atom. The Balaban J connectivity index is 2.17. The van der Waals surface area contributed by atoms with Crippen LogP contribution >= 0.6 is 0 Å². The van der Waals surface area contributed by atoms with Gasteiger partial charge in [0, 0.05) is 5.92 Å². The van der Waals surface area contributed by atoms with Gasteiger partial charge in [-0.05, 0) is 54.9 Å². The zero-order valence-corrected chi connectivity index (χ0v) is 12.5. The third-order valence-electron chi connectivity index (χ3n) is 4.21. The monoisotopic (exact) mass is 278 g/mol. The summed E-state index contributed by atoms with van der Waals surface area (Å²) in [6.45, 7) is 4.16. The first-order valence-electron chi connectivity index (χ1n) is 7.81. The molecule has 1 aromatic carbocycles. The average molecular weight is 278 g/mol. The summed E-state index contributed by atoms with van der Waals surface area (Å²) in [5, 5.41) is 0. The van der Waals surface area contributed by atoms with Crippen molar-refractivity contribution in [1.29, 1.82) is 0 Å². The normalized spacial score (nSPS) is 22.2. The number of allylic oxidation sites excluding steroid dienone is 2. The van der Waals surface area contributed by atoms with Crippen LogP contribution in [0.5, 0.6) is 0 Å². The zero-order chi connectivity index (χ0) is 14.5. The summed E-state index contributed by atoms with van der Waals surface area (Å²) >= 11 is 0. The average Bonchev–Trinajstić information content (AvgIpc) is 2.44. The van der Waals surface area contributed by atoms with Crippen LogP contribution in [0.15, 0.2) is 24.3 Å². The van der Waals surface area contributed by atoms with Crippen LogP contribution in [0.25, 0.3) is 0 Å². The maximum atomic E-state index is 14.2. The molecular formula is C18H24F2. The lowest BCUT2D eigenvalue weighted by molar-refractivity contribution is 0.467. The van der Waals surface area contributed by atoms with Crippen LogP contribution in [0.3, 0.4) is 0 Å². The third-order valence-corrected chi connectivity index (χ3v) is 4.21. The number of aryl methyl sites for hydroxylation is 1. The summed E-state index contributed by atoms with van der Waals surface area (Å²) in [7, 11) is 0. The molecule has 1 aliphatic rings. The van der Waals surface area contributed by atoms with E-state index in [1.165, 1.54) is 25.0 Å². The van der Waals surface area contributed by atoms with Crippen LogP contribution in [0.2, 0.25) is 0 Å². The summed E-state index contributed by atoms with van der Waals surface area (Å²) in [6.07, 6.45) is 10.1. The van der Waals surface area contributed by atoms with Crippen molar-refractivity contribution < 1.29 is 8.78 Å². The fourth-order valence-corrected chi connectivity index (χ4v) is 3.10. The van der Waals surface area contributed by atoms with Gasteiger partial charge in [-0.25, -0.2) is 8.78 Å². The van der Waals surface area contributed by atoms with Crippen molar-refractivity contribution in [1.82, 2.24) is 0 Å². The Morgan fingerprint density at radius 1 is 1.00 bits per heavy atom. The van der Waals surface area contributed by atoms with Gasteiger partial charge < -0.3 is 0 Å². The lowest BCUT2D eigenvalue weighted by atomic mass is 9.82. The SMILES string of the molecule is CCCc1cc(F)c(C2C=CC(CCC)CC2)cc1F. The van der Waals surface area contributed by atoms with Crippen LogP contribution in [-0.2, 0) is 6.42 Å². The molecule has 1 aliphatic carbocycles. The van der Waals surface area contributed by atoms with E-state index >= 15 is 0 Å². The molecule has 0 aromatic heterocycles. The van der Waals surface area contributed by atoms with Crippen LogP contribution in [0.1, 0.15) is 63.0 Å². The lowest BCUT2D eigenvalue weighted by Gasteiger charge is -2.23. The van der Waals surface area contributed by atoms with Crippen LogP contribution in [0, 0.1) is 17.6 Å². The van der Waals surface area contributed by atoms with Gasteiger partial charge in [0.15, 0.2) is 0 Å². The van der Waals surface area contributed by atoms with Gasteiger partial charge in [-0.15, -0.1) is 0 Å². The van der Waals surface area contributed by atoms with Crippen molar-refractivity contribution in [2.45, 2.75) is 58.3 Å². The highest BCUT2D eigenvalue weighted by Gasteiger charge is 2.21. The quantitative estimate of drug-likeness (QED) is 0.600. The summed E-state index contributed by atoms with van der Waals surface area (Å²) in [5.41, 5.74) is 1.02. The van der Waals surface area contributed by atoms with E-state index in [9.17, 15) is 8.78 Å². The molecule has 2 rings (SSSR count). The Kier molecular flexibility index (Phi) is 5.33. The van der Waals surface area contributed by atoms with E-state index in [4.69, 9.17) is 0 Å². The molecule has 0 aliphatic heterocycles. The minimum atomic E-state index is -0.257. The van der Waals surface area contributed by atoms with Crippen molar-refractivity contribution in [3.05, 3.63) is 47.0 Å². The summed E-state index contributed by atoms with van der Waals surface area (Å²) in [6, 6.07) is 2.80. The fraction of sp³-hybridized carbons (Fsp3) is 0.556. The smallest absolute Gasteiger partial charge is 0.127 e. The number of hydrogen-bond donors (Lipinski definition) is 0. The predicted molar refractivity (Wildman–Crippen MR) is 79.9 cm³/mol. The van der Waals surface area contributed by atoms with E-state index in [2.05, 4.69) is 19.1 Å². The molecule has 0 saturated heterocycles. The summed E-state index contributed by atoms with van der Waals surface area (Å²) in [4.78, 5) is 0. The molecule has 0 N–H and O–H groups in total. The lowest BCUT2D eigenvalue weighted by Crippen LogP contribution is -2.10. The molecule has 0 nitrogen and oxygen atoms in total. The molecule has 2 heteroatoms. The molecule has 0 radical (unpaired) electrons. The standard InChI is InChI=1S/C18H24F2/c1-3-5-13-7-9-14(10-8-13)16-12-17(19)15(6-4-2)11-18(16)20/h7,9,11-14H,3-6,8,10H2,1-2H3. The van der Waals surface area contributed by atoms with Gasteiger partial charge in [-0.3, -0.25) is 0 Å². The van der Waals surface area contributed by atoms with Crippen molar-refractivity contribution in [3.63, 3.8) is 0 Å². The summed E-state index contributed by atoms with van der Waals surface area (Å²) < 4.78 is 28.2. The predicted octanol–water partition coefficient (Wildman–Crippen LogP) is 5.77. The van der Waals surface area contributed by atoms with Gasteiger partial charge >= 0.3 is 0 Å². The van der Waals surface area contributed by atoms with Crippen molar-refractivity contribution >= 4 is 0 Å². The van der Waals surface area contributed by atoms with Gasteiger partial charge in [0.2, 0.25) is 0 Å². The molecule has 0 saturated carbocycles. The molecule has 2 atom stereocenters. The third kappa shape index (κ3) is 3.47. The molecule has 20 heavy (non-hydrogen) atoms. The first-order valence-corrected chi connectivity index (χ1v) is 7.81. The number of halogens is 2. The maximum absolute atomic E-state index is 14.2. The second-order valence-corrected chi connectivity index (χ2v) is 5.83. The minimum Gasteiger partial charge on any atom is -0.207 e. The molecule has 0 amide bonds. The number of rotatable bonds is 5. The van der Waals surface area contributed by atoms with E-state index in [0.29, 0.717) is 23.5 Å². The fourth-order valence-electron chi connectivity index (χ4n) is 3.10. The Morgan fingerprint density at radius 2 is 1.80 bits per heavy atom. The van der Waals surface area contributed by atoms with Gasteiger partial charge in [-0.2, -0.15) is 0 Å². The Labute approximate surface area is 120 Å². The van der Waals surface area contributed by atoms with Gasteiger partial charge in [0.25, 0.3) is 0 Å². The molecule has 110 valence electrons. The molecule has 0 fully saturated rings.